The van der Waals surface area contributed by atoms with E-state index in [2.05, 4.69) is 28.1 Å². The highest BCUT2D eigenvalue weighted by molar-refractivity contribution is 5.67. The fourth-order valence-corrected chi connectivity index (χ4v) is 4.70. The minimum absolute atomic E-state index is 0.215. The molecule has 1 saturated carbocycles. The van der Waals surface area contributed by atoms with E-state index in [0.29, 0.717) is 34.6 Å². The van der Waals surface area contributed by atoms with Crippen LogP contribution in [0.25, 0.3) is 16.9 Å². The van der Waals surface area contributed by atoms with Crippen molar-refractivity contribution in [1.29, 1.82) is 5.26 Å². The monoisotopic (exact) mass is 444 g/mol. The van der Waals surface area contributed by atoms with E-state index in [1.165, 1.54) is 23.9 Å². The number of nitrogens with zero attached hydrogens (tertiary/aromatic N) is 5. The number of hydrogen-bond acceptors (Lipinski definition) is 6. The molecule has 1 aliphatic carbocycles. The molecular formula is C25H28N6O2. The lowest BCUT2D eigenvalue weighted by molar-refractivity contribution is -0.0913. The van der Waals surface area contributed by atoms with Crippen LogP contribution in [0.3, 0.4) is 0 Å². The zero-order valence-corrected chi connectivity index (χ0v) is 18.9. The number of H-pyrrole nitrogens is 1. The molecule has 1 unspecified atom stereocenters. The summed E-state index contributed by atoms with van der Waals surface area (Å²) < 4.78 is 1.39. The third-order valence-electron chi connectivity index (χ3n) is 7.18. The van der Waals surface area contributed by atoms with E-state index in [0.717, 1.165) is 24.2 Å². The van der Waals surface area contributed by atoms with Crippen LogP contribution in [0, 0.1) is 18.3 Å². The molecule has 1 aromatic carbocycles. The summed E-state index contributed by atoms with van der Waals surface area (Å²) in [5, 5.41) is 22.8. The van der Waals surface area contributed by atoms with E-state index < -0.39 is 6.23 Å². The zero-order valence-electron chi connectivity index (χ0n) is 18.9. The Morgan fingerprint density at radius 2 is 2.00 bits per heavy atom. The Balaban J connectivity index is 1.28. The Bertz CT molecular complexity index is 1250. The first-order valence-corrected chi connectivity index (χ1v) is 11.4. The average Bonchev–Trinajstić information content (AvgIpc) is 3.12. The van der Waals surface area contributed by atoms with Crippen molar-refractivity contribution in [3.8, 4) is 23.0 Å². The maximum absolute atomic E-state index is 13.0. The second kappa shape index (κ2) is 8.60. The summed E-state index contributed by atoms with van der Waals surface area (Å²) in [5.74, 6) is 0.458. The normalized spacial score (nSPS) is 18.0. The number of rotatable bonds is 6. The molecule has 0 spiro atoms. The Morgan fingerprint density at radius 1 is 1.21 bits per heavy atom. The standard InChI is InChI=1S/C25H28N6O2/c1-16-10-17(11-26)6-8-21(16)22-13-28-31(25(22)33)23-9-7-18(12-27-23)24(32)30-14-20(15-30)29(2)19-4-3-5-19/h6-10,12-13,19-20,24,28,32H,3-5,14-15H2,1-2H3. The van der Waals surface area contributed by atoms with Gasteiger partial charge < -0.3 is 5.11 Å². The molecule has 0 amide bonds. The van der Waals surface area contributed by atoms with Gasteiger partial charge in [0.15, 0.2) is 5.82 Å². The van der Waals surface area contributed by atoms with Gasteiger partial charge in [-0.3, -0.25) is 19.7 Å². The third-order valence-corrected chi connectivity index (χ3v) is 7.18. The van der Waals surface area contributed by atoms with Crippen LogP contribution >= 0.6 is 0 Å². The van der Waals surface area contributed by atoms with Gasteiger partial charge in [0.1, 0.15) is 6.23 Å². The van der Waals surface area contributed by atoms with Gasteiger partial charge in [-0.1, -0.05) is 12.5 Å². The average molecular weight is 445 g/mol. The largest absolute Gasteiger partial charge is 0.374 e. The van der Waals surface area contributed by atoms with Gasteiger partial charge in [-0.25, -0.2) is 9.67 Å². The first-order valence-electron chi connectivity index (χ1n) is 11.4. The van der Waals surface area contributed by atoms with E-state index >= 15 is 0 Å². The Labute approximate surface area is 192 Å². The van der Waals surface area contributed by atoms with Crippen LogP contribution in [0.4, 0.5) is 0 Å². The predicted molar refractivity (Wildman–Crippen MR) is 125 cm³/mol. The SMILES string of the molecule is Cc1cc(C#N)ccc1-c1c[nH]n(-c2ccc(C(O)N3CC(N(C)C4CCC4)C3)cn2)c1=O. The van der Waals surface area contributed by atoms with Gasteiger partial charge in [0.25, 0.3) is 5.56 Å². The minimum atomic E-state index is -0.699. The number of likely N-dealkylation sites (N-methyl/N-ethyl adjacent to an activating group) is 1. The molecule has 2 N–H and O–H groups in total. The van der Waals surface area contributed by atoms with E-state index in [4.69, 9.17) is 5.26 Å². The number of pyridine rings is 1. The summed E-state index contributed by atoms with van der Waals surface area (Å²) in [4.78, 5) is 21.9. The summed E-state index contributed by atoms with van der Waals surface area (Å²) in [7, 11) is 2.19. The molecule has 1 atom stereocenters. The van der Waals surface area contributed by atoms with E-state index in [-0.39, 0.29) is 5.56 Å². The highest BCUT2D eigenvalue weighted by Gasteiger charge is 2.38. The van der Waals surface area contributed by atoms with Crippen molar-refractivity contribution < 1.29 is 5.11 Å². The minimum Gasteiger partial charge on any atom is -0.374 e. The lowest BCUT2D eigenvalue weighted by Crippen LogP contribution is -2.62. The van der Waals surface area contributed by atoms with E-state index in [1.54, 1.807) is 36.7 Å². The van der Waals surface area contributed by atoms with Crippen molar-refractivity contribution in [3.63, 3.8) is 0 Å². The predicted octanol–water partition coefficient (Wildman–Crippen LogP) is 2.57. The zero-order chi connectivity index (χ0) is 23.1. The van der Waals surface area contributed by atoms with Gasteiger partial charge in [0.05, 0.1) is 17.2 Å². The molecule has 8 nitrogen and oxygen atoms in total. The van der Waals surface area contributed by atoms with Gasteiger partial charge in [0, 0.05) is 43.1 Å². The quantitative estimate of drug-likeness (QED) is 0.606. The molecule has 2 fully saturated rings. The van der Waals surface area contributed by atoms with Gasteiger partial charge in [-0.15, -0.1) is 0 Å². The molecule has 2 aromatic heterocycles. The summed E-state index contributed by atoms with van der Waals surface area (Å²) in [5.41, 5.74) is 3.22. The van der Waals surface area contributed by atoms with Gasteiger partial charge in [0.2, 0.25) is 0 Å². The lowest BCUT2D eigenvalue weighted by atomic mass is 9.89. The number of aryl methyl sites for hydroxylation is 1. The summed E-state index contributed by atoms with van der Waals surface area (Å²) in [6, 6.07) is 12.1. The fourth-order valence-electron chi connectivity index (χ4n) is 4.70. The number of aromatic amines is 1. The number of aliphatic hydroxyl groups is 1. The number of aliphatic hydroxyl groups excluding tert-OH is 1. The Morgan fingerprint density at radius 3 is 2.61 bits per heavy atom. The molecular weight excluding hydrogens is 416 g/mol. The first-order chi connectivity index (χ1) is 16.0. The van der Waals surface area contributed by atoms with E-state index in [1.807, 2.05) is 17.9 Å². The van der Waals surface area contributed by atoms with Gasteiger partial charge in [-0.05, 0) is 62.2 Å². The summed E-state index contributed by atoms with van der Waals surface area (Å²) in [6.45, 7) is 3.57. The van der Waals surface area contributed by atoms with Crippen LogP contribution in [-0.2, 0) is 0 Å². The van der Waals surface area contributed by atoms with Crippen molar-refractivity contribution in [1.82, 2.24) is 24.6 Å². The lowest BCUT2D eigenvalue weighted by Gasteiger charge is -2.50. The van der Waals surface area contributed by atoms with Crippen LogP contribution in [0.2, 0.25) is 0 Å². The second-order valence-electron chi connectivity index (χ2n) is 9.15. The van der Waals surface area contributed by atoms with Crippen molar-refractivity contribution in [2.24, 2.45) is 0 Å². The number of hydrogen-bond donors (Lipinski definition) is 2. The number of aromatic nitrogens is 3. The van der Waals surface area contributed by atoms with Crippen LogP contribution in [-0.4, -0.2) is 61.9 Å². The maximum atomic E-state index is 13.0. The highest BCUT2D eigenvalue weighted by Crippen LogP contribution is 2.31. The molecule has 3 aromatic rings. The van der Waals surface area contributed by atoms with E-state index in [9.17, 15) is 9.90 Å². The first kappa shape index (κ1) is 21.6. The molecule has 8 heteroatoms. The topological polar surface area (TPSA) is 101 Å². The summed E-state index contributed by atoms with van der Waals surface area (Å²) >= 11 is 0. The molecule has 2 aliphatic rings. The van der Waals surface area contributed by atoms with Crippen molar-refractivity contribution in [2.45, 2.75) is 44.5 Å². The van der Waals surface area contributed by atoms with Crippen LogP contribution in [0.5, 0.6) is 0 Å². The van der Waals surface area contributed by atoms with Crippen molar-refractivity contribution in [2.75, 3.05) is 20.1 Å². The molecule has 170 valence electrons. The third kappa shape index (κ3) is 3.89. The van der Waals surface area contributed by atoms with Crippen LogP contribution in [0.1, 0.15) is 42.2 Å². The number of likely N-dealkylation sites (tertiary alicyclic amines) is 1. The second-order valence-corrected chi connectivity index (χ2v) is 9.15. The number of nitriles is 1. The molecule has 1 aliphatic heterocycles. The van der Waals surface area contributed by atoms with Crippen LogP contribution in [0.15, 0.2) is 47.5 Å². The smallest absolute Gasteiger partial charge is 0.280 e. The van der Waals surface area contributed by atoms with Crippen LogP contribution < -0.4 is 5.56 Å². The maximum Gasteiger partial charge on any atom is 0.280 e. The molecule has 0 bridgehead atoms. The molecule has 5 rings (SSSR count). The number of nitrogens with one attached hydrogen (secondary N) is 1. The highest BCUT2D eigenvalue weighted by atomic mass is 16.3. The summed E-state index contributed by atoms with van der Waals surface area (Å²) in [6.07, 6.45) is 6.47. The van der Waals surface area contributed by atoms with Crippen molar-refractivity contribution >= 4 is 0 Å². The van der Waals surface area contributed by atoms with Gasteiger partial charge in [-0.2, -0.15) is 5.26 Å². The molecule has 3 heterocycles. The fraction of sp³-hybridized carbons (Fsp3) is 0.400. The Kier molecular flexibility index (Phi) is 5.62. The molecule has 0 radical (unpaired) electrons. The van der Waals surface area contributed by atoms with Gasteiger partial charge >= 0.3 is 0 Å². The Hall–Kier alpha value is -3.25. The molecule has 1 saturated heterocycles. The van der Waals surface area contributed by atoms with Crippen molar-refractivity contribution in [3.05, 3.63) is 69.8 Å². The number of benzene rings is 1. The molecule has 33 heavy (non-hydrogen) atoms.